The summed E-state index contributed by atoms with van der Waals surface area (Å²) in [6.45, 7) is 2.34. The van der Waals surface area contributed by atoms with Gasteiger partial charge in [-0.15, -0.1) is 11.3 Å². The molecule has 2 rings (SSSR count). The summed E-state index contributed by atoms with van der Waals surface area (Å²) in [5.41, 5.74) is 0.176. The van der Waals surface area contributed by atoms with Crippen LogP contribution in [0.1, 0.15) is 16.3 Å². The standard InChI is InChI=1S/C11H10F3N3S/c1-7-6-18-10(17-7)5-16-9-3-2-8(4-15-9)11(12,13)14/h2-4,6H,5H2,1H3,(H,15,16). The SMILES string of the molecule is Cc1csc(CNc2ccc(C(F)(F)F)cn2)n1. The fraction of sp³-hybridized carbons (Fsp3) is 0.273. The predicted octanol–water partition coefficient (Wildman–Crippen LogP) is 3.48. The third-order valence-electron chi connectivity index (χ3n) is 2.18. The van der Waals surface area contributed by atoms with Crippen LogP contribution in [0.2, 0.25) is 0 Å². The Bertz CT molecular complexity index is 519. The van der Waals surface area contributed by atoms with Gasteiger partial charge >= 0.3 is 6.18 Å². The minimum Gasteiger partial charge on any atom is -0.364 e. The second-order valence-corrected chi connectivity index (χ2v) is 4.61. The first kappa shape index (κ1) is 12.8. The molecule has 0 amide bonds. The molecule has 0 aliphatic carbocycles. The molecule has 0 unspecified atom stereocenters. The van der Waals surface area contributed by atoms with Crippen molar-refractivity contribution in [3.8, 4) is 0 Å². The van der Waals surface area contributed by atoms with E-state index in [0.717, 1.165) is 23.0 Å². The fourth-order valence-corrected chi connectivity index (χ4v) is 2.03. The van der Waals surface area contributed by atoms with Crippen LogP contribution >= 0.6 is 11.3 Å². The van der Waals surface area contributed by atoms with Crippen molar-refractivity contribution in [1.82, 2.24) is 9.97 Å². The van der Waals surface area contributed by atoms with Gasteiger partial charge in [-0.2, -0.15) is 13.2 Å². The summed E-state index contributed by atoms with van der Waals surface area (Å²) in [6.07, 6.45) is -3.53. The number of pyridine rings is 1. The number of thiazole rings is 1. The maximum atomic E-state index is 12.3. The molecule has 2 aromatic rings. The van der Waals surface area contributed by atoms with Crippen molar-refractivity contribution < 1.29 is 13.2 Å². The Morgan fingerprint density at radius 1 is 1.33 bits per heavy atom. The third-order valence-corrected chi connectivity index (χ3v) is 3.14. The number of rotatable bonds is 3. The highest BCUT2D eigenvalue weighted by Gasteiger charge is 2.30. The first-order valence-corrected chi connectivity index (χ1v) is 6.01. The molecule has 0 radical (unpaired) electrons. The van der Waals surface area contributed by atoms with Gasteiger partial charge in [0, 0.05) is 17.3 Å². The number of hydrogen-bond donors (Lipinski definition) is 1. The van der Waals surface area contributed by atoms with Crippen molar-refractivity contribution >= 4 is 17.2 Å². The van der Waals surface area contributed by atoms with Gasteiger partial charge in [-0.05, 0) is 19.1 Å². The molecule has 18 heavy (non-hydrogen) atoms. The molecule has 0 spiro atoms. The Morgan fingerprint density at radius 2 is 2.11 bits per heavy atom. The zero-order chi connectivity index (χ0) is 13.2. The first-order valence-electron chi connectivity index (χ1n) is 5.13. The number of hydrogen-bond acceptors (Lipinski definition) is 4. The topological polar surface area (TPSA) is 37.8 Å². The molecule has 0 bridgehead atoms. The lowest BCUT2D eigenvalue weighted by Gasteiger charge is -2.07. The van der Waals surface area contributed by atoms with Gasteiger partial charge in [0.15, 0.2) is 0 Å². The van der Waals surface area contributed by atoms with E-state index in [4.69, 9.17) is 0 Å². The lowest BCUT2D eigenvalue weighted by molar-refractivity contribution is -0.137. The Hall–Kier alpha value is -1.63. The van der Waals surface area contributed by atoms with Crippen LogP contribution in [0.15, 0.2) is 23.7 Å². The molecular formula is C11H10F3N3S. The molecule has 7 heteroatoms. The van der Waals surface area contributed by atoms with Gasteiger partial charge in [0.25, 0.3) is 0 Å². The summed E-state index contributed by atoms with van der Waals surface area (Å²) < 4.78 is 36.9. The molecule has 0 saturated heterocycles. The number of aryl methyl sites for hydroxylation is 1. The maximum absolute atomic E-state index is 12.3. The summed E-state index contributed by atoms with van der Waals surface area (Å²) in [6, 6.07) is 2.31. The highest BCUT2D eigenvalue weighted by molar-refractivity contribution is 7.09. The Morgan fingerprint density at radius 3 is 2.61 bits per heavy atom. The van der Waals surface area contributed by atoms with Crippen molar-refractivity contribution in [1.29, 1.82) is 0 Å². The van der Waals surface area contributed by atoms with Crippen molar-refractivity contribution in [3.63, 3.8) is 0 Å². The first-order chi connectivity index (χ1) is 8.45. The minimum atomic E-state index is -4.35. The molecule has 0 atom stereocenters. The molecule has 1 N–H and O–H groups in total. The zero-order valence-electron chi connectivity index (χ0n) is 9.45. The van der Waals surface area contributed by atoms with E-state index in [-0.39, 0.29) is 0 Å². The summed E-state index contributed by atoms with van der Waals surface area (Å²) in [7, 11) is 0. The van der Waals surface area contributed by atoms with Crippen LogP contribution in [0.3, 0.4) is 0 Å². The number of anilines is 1. The monoisotopic (exact) mass is 273 g/mol. The number of nitrogens with zero attached hydrogens (tertiary/aromatic N) is 2. The number of aromatic nitrogens is 2. The van der Waals surface area contributed by atoms with Crippen LogP contribution in [-0.2, 0) is 12.7 Å². The average Bonchev–Trinajstić information content (AvgIpc) is 2.72. The predicted molar refractivity (Wildman–Crippen MR) is 63.4 cm³/mol. The van der Waals surface area contributed by atoms with Gasteiger partial charge in [-0.25, -0.2) is 9.97 Å². The fourth-order valence-electron chi connectivity index (χ4n) is 1.32. The molecule has 0 saturated carbocycles. The average molecular weight is 273 g/mol. The maximum Gasteiger partial charge on any atom is 0.417 e. The molecule has 2 aromatic heterocycles. The normalized spacial score (nSPS) is 11.6. The van der Waals surface area contributed by atoms with E-state index in [2.05, 4.69) is 15.3 Å². The van der Waals surface area contributed by atoms with E-state index in [1.165, 1.54) is 17.4 Å². The van der Waals surface area contributed by atoms with Crippen molar-refractivity contribution in [2.45, 2.75) is 19.6 Å². The third kappa shape index (κ3) is 3.19. The van der Waals surface area contributed by atoms with E-state index in [1.807, 2.05) is 12.3 Å². The quantitative estimate of drug-likeness (QED) is 0.930. The van der Waals surface area contributed by atoms with Gasteiger partial charge in [0.2, 0.25) is 0 Å². The summed E-state index contributed by atoms with van der Waals surface area (Å²) >= 11 is 1.49. The molecule has 0 aromatic carbocycles. The number of alkyl halides is 3. The van der Waals surface area contributed by atoms with Crippen LogP contribution in [0.4, 0.5) is 19.0 Å². The molecule has 0 fully saturated rings. The van der Waals surface area contributed by atoms with E-state index in [9.17, 15) is 13.2 Å². The van der Waals surface area contributed by atoms with Gasteiger partial charge in [-0.3, -0.25) is 0 Å². The molecular weight excluding hydrogens is 263 g/mol. The van der Waals surface area contributed by atoms with Gasteiger partial charge in [0.1, 0.15) is 10.8 Å². The molecule has 0 aliphatic rings. The van der Waals surface area contributed by atoms with E-state index in [0.29, 0.717) is 12.4 Å². The zero-order valence-corrected chi connectivity index (χ0v) is 10.3. The minimum absolute atomic E-state index is 0.399. The smallest absolute Gasteiger partial charge is 0.364 e. The van der Waals surface area contributed by atoms with E-state index in [1.54, 1.807) is 0 Å². The lowest BCUT2D eigenvalue weighted by atomic mass is 10.3. The largest absolute Gasteiger partial charge is 0.417 e. The van der Waals surface area contributed by atoms with Crippen molar-refractivity contribution in [3.05, 3.63) is 40.0 Å². The lowest BCUT2D eigenvalue weighted by Crippen LogP contribution is -2.07. The van der Waals surface area contributed by atoms with E-state index >= 15 is 0 Å². The Balaban J connectivity index is 1.98. The number of halogens is 3. The van der Waals surface area contributed by atoms with Crippen molar-refractivity contribution in [2.75, 3.05) is 5.32 Å². The molecule has 3 nitrogen and oxygen atoms in total. The van der Waals surface area contributed by atoms with Gasteiger partial charge < -0.3 is 5.32 Å². The highest BCUT2D eigenvalue weighted by atomic mass is 32.1. The summed E-state index contributed by atoms with van der Waals surface area (Å²) in [5, 5.41) is 5.71. The van der Waals surface area contributed by atoms with Crippen LogP contribution in [-0.4, -0.2) is 9.97 Å². The highest BCUT2D eigenvalue weighted by Crippen LogP contribution is 2.28. The Labute approximate surface area is 106 Å². The van der Waals surface area contributed by atoms with Crippen molar-refractivity contribution in [2.24, 2.45) is 0 Å². The summed E-state index contributed by atoms with van der Waals surface area (Å²) in [5.74, 6) is 0.399. The molecule has 96 valence electrons. The molecule has 0 aliphatic heterocycles. The molecule has 2 heterocycles. The van der Waals surface area contributed by atoms with Crippen LogP contribution in [0, 0.1) is 6.92 Å². The van der Waals surface area contributed by atoms with Crippen LogP contribution in [0.25, 0.3) is 0 Å². The van der Waals surface area contributed by atoms with Gasteiger partial charge in [-0.1, -0.05) is 0 Å². The summed E-state index contributed by atoms with van der Waals surface area (Å²) in [4.78, 5) is 7.94. The van der Waals surface area contributed by atoms with Gasteiger partial charge in [0.05, 0.1) is 12.1 Å². The van der Waals surface area contributed by atoms with Crippen LogP contribution in [0.5, 0.6) is 0 Å². The second kappa shape index (κ2) is 4.93. The Kier molecular flexibility index (Phi) is 3.51. The number of nitrogens with one attached hydrogen (secondary N) is 1. The second-order valence-electron chi connectivity index (χ2n) is 3.67. The van der Waals surface area contributed by atoms with Crippen LogP contribution < -0.4 is 5.32 Å². The van der Waals surface area contributed by atoms with E-state index < -0.39 is 11.7 Å².